The van der Waals surface area contributed by atoms with Crippen molar-refractivity contribution in [3.63, 3.8) is 0 Å². The number of H-pyrrole nitrogens is 1. The minimum absolute atomic E-state index is 0.121. The summed E-state index contributed by atoms with van der Waals surface area (Å²) >= 11 is 0. The Kier molecular flexibility index (Phi) is 6.77. The lowest BCUT2D eigenvalue weighted by Crippen LogP contribution is -2.50. The molecule has 0 fully saturated rings. The Balaban J connectivity index is 2.52. The predicted molar refractivity (Wildman–Crippen MR) is 89.3 cm³/mol. The molecule has 8 nitrogen and oxygen atoms in total. The molecule has 1 unspecified atom stereocenters. The SMILES string of the molecule is CC(C)(C)OC(=O)NCC(C)(C)C(=O)NC(CO)Cc1cnc[nH]1. The van der Waals surface area contributed by atoms with Crippen molar-refractivity contribution in [2.24, 2.45) is 5.41 Å². The Bertz CT molecular complexity index is 535. The van der Waals surface area contributed by atoms with E-state index in [9.17, 15) is 14.7 Å². The van der Waals surface area contributed by atoms with Gasteiger partial charge in [-0.05, 0) is 34.6 Å². The predicted octanol–water partition coefficient (Wildman–Crippen LogP) is 0.980. The molecule has 1 aromatic rings. The summed E-state index contributed by atoms with van der Waals surface area (Å²) in [6, 6.07) is -0.432. The molecule has 1 heterocycles. The third kappa shape index (κ3) is 6.99. The van der Waals surface area contributed by atoms with Gasteiger partial charge in [-0.25, -0.2) is 9.78 Å². The second-order valence-corrected chi connectivity index (χ2v) is 7.37. The molecule has 8 heteroatoms. The maximum atomic E-state index is 12.4. The number of carbonyl (C=O) groups is 2. The number of aliphatic hydroxyl groups excluding tert-OH is 1. The lowest BCUT2D eigenvalue weighted by molar-refractivity contribution is -0.130. The van der Waals surface area contributed by atoms with Gasteiger partial charge in [0.2, 0.25) is 5.91 Å². The van der Waals surface area contributed by atoms with Crippen molar-refractivity contribution in [2.45, 2.75) is 52.7 Å². The molecular formula is C16H28N4O4. The highest BCUT2D eigenvalue weighted by Gasteiger charge is 2.30. The van der Waals surface area contributed by atoms with E-state index in [1.165, 1.54) is 0 Å². The van der Waals surface area contributed by atoms with E-state index in [0.29, 0.717) is 6.42 Å². The van der Waals surface area contributed by atoms with E-state index in [2.05, 4.69) is 20.6 Å². The molecule has 0 bridgehead atoms. The molecule has 1 aromatic heterocycles. The van der Waals surface area contributed by atoms with Gasteiger partial charge in [-0.1, -0.05) is 0 Å². The smallest absolute Gasteiger partial charge is 0.407 e. The van der Waals surface area contributed by atoms with Crippen molar-refractivity contribution in [1.29, 1.82) is 0 Å². The van der Waals surface area contributed by atoms with Crippen LogP contribution in [0.4, 0.5) is 4.79 Å². The van der Waals surface area contributed by atoms with E-state index in [1.807, 2.05) is 0 Å². The van der Waals surface area contributed by atoms with Crippen LogP contribution in [0.2, 0.25) is 0 Å². The molecule has 0 aliphatic carbocycles. The van der Waals surface area contributed by atoms with Gasteiger partial charge in [0.05, 0.1) is 24.4 Å². The van der Waals surface area contributed by atoms with Crippen LogP contribution in [0.15, 0.2) is 12.5 Å². The monoisotopic (exact) mass is 340 g/mol. The molecule has 0 saturated carbocycles. The summed E-state index contributed by atoms with van der Waals surface area (Å²) in [6.07, 6.45) is 3.06. The number of imidazole rings is 1. The maximum absolute atomic E-state index is 12.4. The van der Waals surface area contributed by atoms with E-state index in [0.717, 1.165) is 5.69 Å². The van der Waals surface area contributed by atoms with Gasteiger partial charge in [0.25, 0.3) is 0 Å². The fourth-order valence-electron chi connectivity index (χ4n) is 1.89. The highest BCUT2D eigenvalue weighted by atomic mass is 16.6. The molecule has 0 aliphatic heterocycles. The first-order valence-electron chi connectivity index (χ1n) is 7.89. The number of aliphatic hydroxyl groups is 1. The Morgan fingerprint density at radius 2 is 2.00 bits per heavy atom. The summed E-state index contributed by atoms with van der Waals surface area (Å²) in [5, 5.41) is 14.8. The first-order valence-corrected chi connectivity index (χ1v) is 7.89. The van der Waals surface area contributed by atoms with Gasteiger partial charge >= 0.3 is 6.09 Å². The van der Waals surface area contributed by atoms with Gasteiger partial charge in [0, 0.05) is 24.9 Å². The molecule has 0 aromatic carbocycles. The Morgan fingerprint density at radius 1 is 1.33 bits per heavy atom. The number of alkyl carbamates (subject to hydrolysis) is 1. The molecule has 0 saturated heterocycles. The van der Waals surface area contributed by atoms with Crippen LogP contribution in [0.1, 0.15) is 40.3 Å². The molecule has 2 amide bonds. The number of aromatic nitrogens is 2. The normalized spacial score (nSPS) is 13.2. The second-order valence-electron chi connectivity index (χ2n) is 7.37. The molecular weight excluding hydrogens is 312 g/mol. The minimum Gasteiger partial charge on any atom is -0.444 e. The number of nitrogens with one attached hydrogen (secondary N) is 3. The third-order valence-corrected chi connectivity index (χ3v) is 3.27. The quantitative estimate of drug-likeness (QED) is 0.590. The van der Waals surface area contributed by atoms with Gasteiger partial charge in [-0.15, -0.1) is 0 Å². The van der Waals surface area contributed by atoms with Gasteiger partial charge in [0.15, 0.2) is 0 Å². The third-order valence-electron chi connectivity index (χ3n) is 3.27. The van der Waals surface area contributed by atoms with E-state index in [4.69, 9.17) is 4.74 Å². The number of carbonyl (C=O) groups excluding carboxylic acids is 2. The molecule has 136 valence electrons. The van der Waals surface area contributed by atoms with Gasteiger partial charge < -0.3 is 25.5 Å². The lowest BCUT2D eigenvalue weighted by atomic mass is 9.91. The van der Waals surface area contributed by atoms with E-state index < -0.39 is 23.2 Å². The zero-order valence-corrected chi connectivity index (χ0v) is 15.0. The van der Waals surface area contributed by atoms with Crippen LogP contribution in [-0.4, -0.2) is 51.9 Å². The maximum Gasteiger partial charge on any atom is 0.407 e. The van der Waals surface area contributed by atoms with Gasteiger partial charge in [-0.2, -0.15) is 0 Å². The number of nitrogens with zero attached hydrogens (tertiary/aromatic N) is 1. The first-order chi connectivity index (χ1) is 11.0. The van der Waals surface area contributed by atoms with Gasteiger partial charge in [0.1, 0.15) is 5.60 Å². The summed E-state index contributed by atoms with van der Waals surface area (Å²) in [7, 11) is 0. The molecule has 1 atom stereocenters. The van der Waals surface area contributed by atoms with Crippen molar-refractivity contribution < 1.29 is 19.4 Å². The molecule has 0 spiro atoms. The van der Waals surface area contributed by atoms with Crippen molar-refractivity contribution in [3.05, 3.63) is 18.2 Å². The van der Waals surface area contributed by atoms with Crippen LogP contribution in [0.25, 0.3) is 0 Å². The number of rotatable bonds is 7. The fraction of sp³-hybridized carbons (Fsp3) is 0.688. The van der Waals surface area contributed by atoms with Crippen LogP contribution in [0, 0.1) is 5.41 Å². The van der Waals surface area contributed by atoms with Crippen LogP contribution < -0.4 is 10.6 Å². The molecule has 4 N–H and O–H groups in total. The van der Waals surface area contributed by atoms with Crippen LogP contribution in [0.5, 0.6) is 0 Å². The molecule has 24 heavy (non-hydrogen) atoms. The van der Waals surface area contributed by atoms with Crippen molar-refractivity contribution >= 4 is 12.0 Å². The Morgan fingerprint density at radius 3 is 2.50 bits per heavy atom. The number of amides is 2. The molecule has 0 radical (unpaired) electrons. The Hall–Kier alpha value is -2.09. The highest BCUT2D eigenvalue weighted by Crippen LogP contribution is 2.15. The van der Waals surface area contributed by atoms with Crippen molar-refractivity contribution in [2.75, 3.05) is 13.2 Å². The fourth-order valence-corrected chi connectivity index (χ4v) is 1.89. The minimum atomic E-state index is -0.849. The summed E-state index contributed by atoms with van der Waals surface area (Å²) in [5.41, 5.74) is -0.625. The van der Waals surface area contributed by atoms with Crippen LogP contribution >= 0.6 is 0 Å². The average Bonchev–Trinajstić information content (AvgIpc) is 2.95. The van der Waals surface area contributed by atoms with Crippen LogP contribution in [0.3, 0.4) is 0 Å². The zero-order chi connectivity index (χ0) is 18.4. The summed E-state index contributed by atoms with van der Waals surface area (Å²) in [5.74, 6) is -0.267. The average molecular weight is 340 g/mol. The summed E-state index contributed by atoms with van der Waals surface area (Å²) in [6.45, 7) is 8.66. The largest absolute Gasteiger partial charge is 0.444 e. The highest BCUT2D eigenvalue weighted by molar-refractivity contribution is 5.83. The van der Waals surface area contributed by atoms with Gasteiger partial charge in [-0.3, -0.25) is 4.79 Å². The van der Waals surface area contributed by atoms with E-state index in [-0.39, 0.29) is 19.1 Å². The zero-order valence-electron chi connectivity index (χ0n) is 15.0. The second kappa shape index (κ2) is 8.14. The topological polar surface area (TPSA) is 116 Å². The number of hydrogen-bond acceptors (Lipinski definition) is 5. The van der Waals surface area contributed by atoms with E-state index >= 15 is 0 Å². The number of ether oxygens (including phenoxy) is 1. The lowest BCUT2D eigenvalue weighted by Gasteiger charge is -2.27. The van der Waals surface area contributed by atoms with Crippen molar-refractivity contribution in [3.8, 4) is 0 Å². The summed E-state index contributed by atoms with van der Waals surface area (Å²) < 4.78 is 5.15. The number of aromatic amines is 1. The molecule has 0 aliphatic rings. The Labute approximate surface area is 142 Å². The van der Waals surface area contributed by atoms with Crippen molar-refractivity contribution in [1.82, 2.24) is 20.6 Å². The summed E-state index contributed by atoms with van der Waals surface area (Å²) in [4.78, 5) is 31.0. The van der Waals surface area contributed by atoms with E-state index in [1.54, 1.807) is 47.1 Å². The standard InChI is InChI=1S/C16H28N4O4/c1-15(2,3)24-14(23)18-9-16(4,5)13(22)20-12(8-21)6-11-7-17-10-19-11/h7,10,12,21H,6,8-9H2,1-5H3,(H,17,19)(H,18,23)(H,20,22). The molecule has 1 rings (SSSR count). The van der Waals surface area contributed by atoms with Crippen LogP contribution in [-0.2, 0) is 16.0 Å². The number of hydrogen-bond donors (Lipinski definition) is 4. The first kappa shape index (κ1) is 20.0.